The van der Waals surface area contributed by atoms with Crippen LogP contribution in [-0.2, 0) is 6.42 Å². The summed E-state index contributed by atoms with van der Waals surface area (Å²) in [5.74, 6) is -1.20. The van der Waals surface area contributed by atoms with Crippen LogP contribution in [0.5, 0.6) is 0 Å². The molecule has 1 saturated heterocycles. The Labute approximate surface area is 109 Å². The van der Waals surface area contributed by atoms with Gasteiger partial charge in [0.15, 0.2) is 0 Å². The number of rotatable bonds is 3. The maximum atomic E-state index is 13.4. The van der Waals surface area contributed by atoms with E-state index >= 15 is 0 Å². The summed E-state index contributed by atoms with van der Waals surface area (Å²) in [6.07, 6.45) is -3.11. The molecule has 3 N–H and O–H groups in total. The lowest BCUT2D eigenvalue weighted by Gasteiger charge is -2.36. The lowest BCUT2D eigenvalue weighted by molar-refractivity contribution is -0.109. The molecular weight excluding hydrogens is 256 g/mol. The second-order valence-electron chi connectivity index (χ2n) is 4.84. The lowest BCUT2D eigenvalue weighted by atomic mass is 10.0. The van der Waals surface area contributed by atoms with Crippen LogP contribution in [0.3, 0.4) is 0 Å². The number of nitrogens with zero attached hydrogens (tertiary/aromatic N) is 1. The summed E-state index contributed by atoms with van der Waals surface area (Å²) in [6, 6.07) is 3.70. The standard InChI is InChI=1S/C13H17F2NO3/c14-9-2-1-3-10(15)8(9)4-5-16-6-11(17)13(19)12(18)7-16/h1-3,11-13,17-19H,4-7H2/t11-,12+,13?. The van der Waals surface area contributed by atoms with Crippen molar-refractivity contribution < 1.29 is 24.1 Å². The first-order chi connectivity index (χ1) is 8.99. The second-order valence-corrected chi connectivity index (χ2v) is 4.84. The Hall–Kier alpha value is -1.08. The largest absolute Gasteiger partial charge is 0.389 e. The first-order valence-corrected chi connectivity index (χ1v) is 6.18. The van der Waals surface area contributed by atoms with Gasteiger partial charge in [0.2, 0.25) is 0 Å². The Morgan fingerprint density at radius 3 is 2.11 bits per heavy atom. The summed E-state index contributed by atoms with van der Waals surface area (Å²) >= 11 is 0. The maximum Gasteiger partial charge on any atom is 0.129 e. The Balaban J connectivity index is 1.96. The van der Waals surface area contributed by atoms with Gasteiger partial charge in [-0.2, -0.15) is 0 Å². The number of β-amino-alcohol motifs (C(OH)–C–C–N with tert-alkyl or cyclic N) is 2. The Morgan fingerprint density at radius 2 is 1.58 bits per heavy atom. The van der Waals surface area contributed by atoms with Crippen molar-refractivity contribution in [2.45, 2.75) is 24.7 Å². The van der Waals surface area contributed by atoms with Crippen LogP contribution in [0.4, 0.5) is 8.78 Å². The molecule has 4 nitrogen and oxygen atoms in total. The first kappa shape index (κ1) is 14.3. The molecule has 2 rings (SSSR count). The van der Waals surface area contributed by atoms with Gasteiger partial charge in [0.05, 0.1) is 12.2 Å². The van der Waals surface area contributed by atoms with Crippen LogP contribution < -0.4 is 0 Å². The normalized spacial score (nSPS) is 28.6. The van der Waals surface area contributed by atoms with Crippen molar-refractivity contribution in [2.24, 2.45) is 0 Å². The maximum absolute atomic E-state index is 13.4. The average molecular weight is 273 g/mol. The van der Waals surface area contributed by atoms with E-state index in [1.165, 1.54) is 18.2 Å². The number of likely N-dealkylation sites (tertiary alicyclic amines) is 1. The molecule has 3 atom stereocenters. The molecule has 0 saturated carbocycles. The molecule has 0 spiro atoms. The van der Waals surface area contributed by atoms with Crippen LogP contribution in [0.15, 0.2) is 18.2 Å². The van der Waals surface area contributed by atoms with Crippen molar-refractivity contribution in [3.63, 3.8) is 0 Å². The molecule has 6 heteroatoms. The summed E-state index contributed by atoms with van der Waals surface area (Å²) < 4.78 is 26.8. The van der Waals surface area contributed by atoms with E-state index in [1.807, 2.05) is 0 Å². The molecule has 0 bridgehead atoms. The van der Waals surface area contributed by atoms with Gasteiger partial charge in [0, 0.05) is 25.2 Å². The minimum atomic E-state index is -1.17. The van der Waals surface area contributed by atoms with E-state index in [2.05, 4.69) is 0 Å². The van der Waals surface area contributed by atoms with E-state index in [0.717, 1.165) is 0 Å². The molecule has 1 aliphatic rings. The van der Waals surface area contributed by atoms with Crippen LogP contribution in [0.2, 0.25) is 0 Å². The van der Waals surface area contributed by atoms with Crippen LogP contribution in [0.25, 0.3) is 0 Å². The molecule has 1 unspecified atom stereocenters. The zero-order chi connectivity index (χ0) is 14.0. The molecule has 19 heavy (non-hydrogen) atoms. The van der Waals surface area contributed by atoms with Gasteiger partial charge < -0.3 is 15.3 Å². The van der Waals surface area contributed by atoms with Gasteiger partial charge in [0.1, 0.15) is 17.7 Å². The third kappa shape index (κ3) is 3.27. The highest BCUT2D eigenvalue weighted by molar-refractivity contribution is 5.20. The fraction of sp³-hybridized carbons (Fsp3) is 0.538. The predicted octanol–water partition coefficient (Wildman–Crippen LogP) is -0.0944. The summed E-state index contributed by atoms with van der Waals surface area (Å²) in [5.41, 5.74) is -0.00222. The lowest BCUT2D eigenvalue weighted by Crippen LogP contribution is -2.55. The minimum absolute atomic E-state index is 0.00222. The average Bonchev–Trinajstić information content (AvgIpc) is 2.35. The summed E-state index contributed by atoms with van der Waals surface area (Å²) in [6.45, 7) is 0.654. The number of hydrogen-bond acceptors (Lipinski definition) is 4. The second kappa shape index (κ2) is 5.92. The molecule has 1 aromatic rings. The highest BCUT2D eigenvalue weighted by atomic mass is 19.1. The van der Waals surface area contributed by atoms with E-state index in [4.69, 9.17) is 0 Å². The topological polar surface area (TPSA) is 63.9 Å². The van der Waals surface area contributed by atoms with Gasteiger partial charge in [-0.05, 0) is 18.6 Å². The van der Waals surface area contributed by atoms with Gasteiger partial charge in [0.25, 0.3) is 0 Å². The van der Waals surface area contributed by atoms with E-state index < -0.39 is 29.9 Å². The van der Waals surface area contributed by atoms with Gasteiger partial charge >= 0.3 is 0 Å². The summed E-state index contributed by atoms with van der Waals surface area (Å²) in [4.78, 5) is 1.67. The molecular formula is C13H17F2NO3. The van der Waals surface area contributed by atoms with E-state index in [0.29, 0.717) is 6.54 Å². The highest BCUT2D eigenvalue weighted by Gasteiger charge is 2.33. The Morgan fingerprint density at radius 1 is 1.05 bits per heavy atom. The Bertz CT molecular complexity index is 412. The van der Waals surface area contributed by atoms with Gasteiger partial charge in [-0.25, -0.2) is 8.78 Å². The Kier molecular flexibility index (Phi) is 4.46. The van der Waals surface area contributed by atoms with E-state index in [-0.39, 0.29) is 25.1 Å². The smallest absolute Gasteiger partial charge is 0.129 e. The molecule has 1 heterocycles. The van der Waals surface area contributed by atoms with Crippen molar-refractivity contribution in [2.75, 3.05) is 19.6 Å². The van der Waals surface area contributed by atoms with Gasteiger partial charge in [-0.15, -0.1) is 0 Å². The summed E-state index contributed by atoms with van der Waals surface area (Å²) in [5, 5.41) is 28.4. The van der Waals surface area contributed by atoms with Crippen LogP contribution >= 0.6 is 0 Å². The molecule has 0 amide bonds. The monoisotopic (exact) mass is 273 g/mol. The van der Waals surface area contributed by atoms with Crippen molar-refractivity contribution in [3.05, 3.63) is 35.4 Å². The van der Waals surface area contributed by atoms with Crippen molar-refractivity contribution >= 4 is 0 Å². The number of hydrogen-bond donors (Lipinski definition) is 3. The van der Waals surface area contributed by atoms with Crippen LogP contribution in [-0.4, -0.2) is 58.2 Å². The number of piperidine rings is 1. The molecule has 0 aliphatic carbocycles. The number of aliphatic hydroxyl groups is 3. The first-order valence-electron chi connectivity index (χ1n) is 6.18. The number of benzene rings is 1. The molecule has 1 aliphatic heterocycles. The fourth-order valence-electron chi connectivity index (χ4n) is 2.30. The number of halogens is 2. The van der Waals surface area contributed by atoms with E-state index in [9.17, 15) is 24.1 Å². The molecule has 1 fully saturated rings. The van der Waals surface area contributed by atoms with E-state index in [1.54, 1.807) is 4.90 Å². The fourth-order valence-corrected chi connectivity index (χ4v) is 2.30. The molecule has 1 aromatic carbocycles. The highest BCUT2D eigenvalue weighted by Crippen LogP contribution is 2.16. The quantitative estimate of drug-likeness (QED) is 0.720. The summed E-state index contributed by atoms with van der Waals surface area (Å²) in [7, 11) is 0. The molecule has 0 aromatic heterocycles. The zero-order valence-corrected chi connectivity index (χ0v) is 10.3. The van der Waals surface area contributed by atoms with Gasteiger partial charge in [-0.3, -0.25) is 4.90 Å². The van der Waals surface area contributed by atoms with Crippen LogP contribution in [0.1, 0.15) is 5.56 Å². The molecule has 0 radical (unpaired) electrons. The van der Waals surface area contributed by atoms with Crippen molar-refractivity contribution in [1.29, 1.82) is 0 Å². The number of aliphatic hydroxyl groups excluding tert-OH is 3. The SMILES string of the molecule is OC1[C@H](O)CN(CCc2c(F)cccc2F)C[C@@H]1O. The van der Waals surface area contributed by atoms with Crippen molar-refractivity contribution in [1.82, 2.24) is 4.90 Å². The van der Waals surface area contributed by atoms with Gasteiger partial charge in [-0.1, -0.05) is 6.07 Å². The third-order valence-electron chi connectivity index (χ3n) is 3.42. The van der Waals surface area contributed by atoms with Crippen molar-refractivity contribution in [3.8, 4) is 0 Å². The van der Waals surface area contributed by atoms with Crippen LogP contribution in [0, 0.1) is 11.6 Å². The molecule has 106 valence electrons. The minimum Gasteiger partial charge on any atom is -0.389 e. The predicted molar refractivity (Wildman–Crippen MR) is 64.5 cm³/mol. The zero-order valence-electron chi connectivity index (χ0n) is 10.3. The third-order valence-corrected chi connectivity index (χ3v) is 3.42.